The molecule has 3 heterocycles. The monoisotopic (exact) mass is 364 g/mol. The smallest absolute Gasteiger partial charge is 0.244 e. The predicted octanol–water partition coefficient (Wildman–Crippen LogP) is 1.47. The van der Waals surface area contributed by atoms with Gasteiger partial charge in [0.15, 0.2) is 5.82 Å². The summed E-state index contributed by atoms with van der Waals surface area (Å²) in [5.41, 5.74) is 0. The highest BCUT2D eigenvalue weighted by molar-refractivity contribution is 5.76. The molecule has 1 unspecified atom stereocenters. The minimum atomic E-state index is 0.0826. The molecule has 26 heavy (non-hydrogen) atoms. The van der Waals surface area contributed by atoms with E-state index in [-0.39, 0.29) is 18.6 Å². The number of ether oxygens (including phenoxy) is 1. The van der Waals surface area contributed by atoms with Crippen LogP contribution in [0, 0.1) is 0 Å². The fourth-order valence-corrected chi connectivity index (χ4v) is 3.77. The third-order valence-corrected chi connectivity index (χ3v) is 5.24. The molecule has 1 atom stereocenters. The van der Waals surface area contributed by atoms with Crippen LogP contribution in [0.3, 0.4) is 0 Å². The van der Waals surface area contributed by atoms with Crippen LogP contribution in [0.15, 0.2) is 0 Å². The Morgan fingerprint density at radius 3 is 2.73 bits per heavy atom. The topological polar surface area (TPSA) is 76.4 Å². The lowest BCUT2D eigenvalue weighted by Gasteiger charge is -2.32. The van der Waals surface area contributed by atoms with Gasteiger partial charge in [-0.1, -0.05) is 19.8 Å². The molecule has 2 fully saturated rings. The predicted molar refractivity (Wildman–Crippen MR) is 97.4 cm³/mol. The average molecular weight is 364 g/mol. The van der Waals surface area contributed by atoms with Gasteiger partial charge in [-0.25, -0.2) is 4.68 Å². The summed E-state index contributed by atoms with van der Waals surface area (Å²) in [5.74, 6) is 0.871. The molecule has 146 valence electrons. The summed E-state index contributed by atoms with van der Waals surface area (Å²) in [6.45, 7) is 7.47. The van der Waals surface area contributed by atoms with E-state index in [1.807, 2.05) is 4.90 Å². The Balaban J connectivity index is 1.53. The Kier molecular flexibility index (Phi) is 7.37. The molecule has 2 aliphatic heterocycles. The quantitative estimate of drug-likeness (QED) is 0.729. The molecule has 0 radical (unpaired) electrons. The van der Waals surface area contributed by atoms with Gasteiger partial charge in [-0.3, -0.25) is 9.69 Å². The molecule has 0 spiro atoms. The normalized spacial score (nSPS) is 22.3. The molecule has 2 aliphatic rings. The van der Waals surface area contributed by atoms with Gasteiger partial charge in [0.1, 0.15) is 6.54 Å². The van der Waals surface area contributed by atoms with E-state index >= 15 is 0 Å². The van der Waals surface area contributed by atoms with Crippen molar-refractivity contribution in [3.8, 4) is 0 Å². The SMILES string of the molecule is CCCOC1CCCN(C(=O)Cn2nnnc2CN2CCCCCC2)C1. The van der Waals surface area contributed by atoms with Gasteiger partial charge >= 0.3 is 0 Å². The average Bonchev–Trinajstić information content (AvgIpc) is 2.92. The number of carbonyl (C=O) groups excluding carboxylic acids is 1. The molecular formula is C18H32N6O2. The molecule has 2 saturated heterocycles. The van der Waals surface area contributed by atoms with Crippen LogP contribution in [-0.4, -0.2) is 74.8 Å². The summed E-state index contributed by atoms with van der Waals surface area (Å²) < 4.78 is 7.51. The van der Waals surface area contributed by atoms with Crippen molar-refractivity contribution in [2.75, 3.05) is 32.8 Å². The first-order chi connectivity index (χ1) is 12.8. The largest absolute Gasteiger partial charge is 0.376 e. The number of likely N-dealkylation sites (tertiary alicyclic amines) is 2. The van der Waals surface area contributed by atoms with E-state index in [1.165, 1.54) is 25.7 Å². The fourth-order valence-electron chi connectivity index (χ4n) is 3.77. The van der Waals surface area contributed by atoms with E-state index in [0.29, 0.717) is 6.54 Å². The van der Waals surface area contributed by atoms with E-state index in [4.69, 9.17) is 4.74 Å². The highest BCUT2D eigenvalue weighted by Gasteiger charge is 2.25. The first kappa shape index (κ1) is 19.2. The van der Waals surface area contributed by atoms with E-state index in [9.17, 15) is 4.79 Å². The van der Waals surface area contributed by atoms with Gasteiger partial charge in [0.2, 0.25) is 5.91 Å². The highest BCUT2D eigenvalue weighted by Crippen LogP contribution is 2.15. The summed E-state index contributed by atoms with van der Waals surface area (Å²) >= 11 is 0. The van der Waals surface area contributed by atoms with Gasteiger partial charge in [0.25, 0.3) is 0 Å². The van der Waals surface area contributed by atoms with Crippen LogP contribution in [0.1, 0.15) is 57.7 Å². The molecule has 1 amide bonds. The first-order valence-corrected chi connectivity index (χ1v) is 10.1. The maximum absolute atomic E-state index is 12.7. The van der Waals surface area contributed by atoms with Crippen LogP contribution in [0.5, 0.6) is 0 Å². The molecule has 0 bridgehead atoms. The molecule has 8 heteroatoms. The second-order valence-corrected chi connectivity index (χ2v) is 7.42. The van der Waals surface area contributed by atoms with Gasteiger partial charge in [-0.05, 0) is 55.6 Å². The van der Waals surface area contributed by atoms with Crippen molar-refractivity contribution in [1.82, 2.24) is 30.0 Å². The zero-order chi connectivity index (χ0) is 18.2. The summed E-state index contributed by atoms with van der Waals surface area (Å²) in [6.07, 6.45) is 8.27. The van der Waals surface area contributed by atoms with Crippen LogP contribution < -0.4 is 0 Å². The molecule has 0 saturated carbocycles. The van der Waals surface area contributed by atoms with E-state index in [2.05, 4.69) is 27.3 Å². The van der Waals surface area contributed by atoms with Gasteiger partial charge in [0.05, 0.1) is 12.6 Å². The van der Waals surface area contributed by atoms with Crippen molar-refractivity contribution >= 4 is 5.91 Å². The van der Waals surface area contributed by atoms with Gasteiger partial charge in [-0.2, -0.15) is 0 Å². The van der Waals surface area contributed by atoms with Crippen molar-refractivity contribution in [2.45, 2.75) is 71.1 Å². The molecule has 1 aromatic heterocycles. The fraction of sp³-hybridized carbons (Fsp3) is 0.889. The van der Waals surface area contributed by atoms with Crippen LogP contribution in [0.25, 0.3) is 0 Å². The maximum atomic E-state index is 12.7. The lowest BCUT2D eigenvalue weighted by Crippen LogP contribution is -2.45. The van der Waals surface area contributed by atoms with Crippen molar-refractivity contribution in [2.24, 2.45) is 0 Å². The van der Waals surface area contributed by atoms with Crippen molar-refractivity contribution in [3.63, 3.8) is 0 Å². The number of carbonyl (C=O) groups is 1. The lowest BCUT2D eigenvalue weighted by molar-refractivity contribution is -0.136. The maximum Gasteiger partial charge on any atom is 0.244 e. The Hall–Kier alpha value is -1.54. The second kappa shape index (κ2) is 9.97. The molecule has 0 aliphatic carbocycles. The number of tetrazole rings is 1. The number of amides is 1. The number of piperidine rings is 1. The van der Waals surface area contributed by atoms with Crippen molar-refractivity contribution in [3.05, 3.63) is 5.82 Å². The standard InChI is InChI=1S/C18H32N6O2/c1-2-12-26-16-8-7-11-23(13-16)18(25)15-24-17(19-20-21-24)14-22-9-5-3-4-6-10-22/h16H,2-15H2,1H3. The summed E-state index contributed by atoms with van der Waals surface area (Å²) in [6, 6.07) is 0. The number of rotatable bonds is 7. The minimum Gasteiger partial charge on any atom is -0.376 e. The van der Waals surface area contributed by atoms with Gasteiger partial charge in [0, 0.05) is 19.7 Å². The number of hydrogen-bond acceptors (Lipinski definition) is 6. The molecule has 8 nitrogen and oxygen atoms in total. The molecule has 0 aromatic carbocycles. The Bertz CT molecular complexity index is 556. The molecule has 3 rings (SSSR count). The van der Waals surface area contributed by atoms with E-state index < -0.39 is 0 Å². The van der Waals surface area contributed by atoms with Gasteiger partial charge in [-0.15, -0.1) is 5.10 Å². The third-order valence-electron chi connectivity index (χ3n) is 5.24. The van der Waals surface area contributed by atoms with Crippen molar-refractivity contribution < 1.29 is 9.53 Å². The Morgan fingerprint density at radius 1 is 1.15 bits per heavy atom. The summed E-state index contributed by atoms with van der Waals surface area (Å²) in [5, 5.41) is 12.0. The van der Waals surface area contributed by atoms with Gasteiger partial charge < -0.3 is 9.64 Å². The zero-order valence-corrected chi connectivity index (χ0v) is 16.0. The molecular weight excluding hydrogens is 332 g/mol. The minimum absolute atomic E-state index is 0.0826. The van der Waals surface area contributed by atoms with E-state index in [1.54, 1.807) is 4.68 Å². The number of hydrogen-bond donors (Lipinski definition) is 0. The van der Waals surface area contributed by atoms with E-state index in [0.717, 1.165) is 57.9 Å². The Morgan fingerprint density at radius 2 is 1.96 bits per heavy atom. The molecule has 0 N–H and O–H groups in total. The van der Waals surface area contributed by atoms with Crippen LogP contribution in [-0.2, 0) is 22.6 Å². The zero-order valence-electron chi connectivity index (χ0n) is 16.0. The van der Waals surface area contributed by atoms with Crippen molar-refractivity contribution in [1.29, 1.82) is 0 Å². The number of nitrogens with zero attached hydrogens (tertiary/aromatic N) is 6. The van der Waals surface area contributed by atoms with Crippen LogP contribution >= 0.6 is 0 Å². The molecule has 1 aromatic rings. The third kappa shape index (κ3) is 5.48. The van der Waals surface area contributed by atoms with Crippen LogP contribution in [0.4, 0.5) is 0 Å². The summed E-state index contributed by atoms with van der Waals surface area (Å²) in [4.78, 5) is 17.0. The first-order valence-electron chi connectivity index (χ1n) is 10.1. The van der Waals surface area contributed by atoms with Crippen LogP contribution in [0.2, 0.25) is 0 Å². The Labute approximate surface area is 155 Å². The lowest BCUT2D eigenvalue weighted by atomic mass is 10.1. The second-order valence-electron chi connectivity index (χ2n) is 7.42. The number of aromatic nitrogens is 4. The highest BCUT2D eigenvalue weighted by atomic mass is 16.5. The summed E-state index contributed by atoms with van der Waals surface area (Å²) in [7, 11) is 0.